The Morgan fingerprint density at radius 3 is 2.62 bits per heavy atom. The molecular weight excluding hydrogens is 160 g/mol. The van der Waals surface area contributed by atoms with Crippen LogP contribution in [0.15, 0.2) is 24.3 Å². The molecule has 0 spiro atoms. The Hall–Kier alpha value is -0.560. The number of aliphatic hydroxyl groups is 1. The molecule has 0 aromatic heterocycles. The second-order valence-electron chi connectivity index (χ2n) is 4.87. The first kappa shape index (κ1) is 10.5. The van der Waals surface area contributed by atoms with Gasteiger partial charge in [-0.05, 0) is 18.3 Å². The molecule has 0 fully saturated rings. The van der Waals surface area contributed by atoms with E-state index < -0.39 is 0 Å². The maximum Gasteiger partial charge on any atom is 0.0651 e. The van der Waals surface area contributed by atoms with Gasteiger partial charge in [-0.3, -0.25) is 0 Å². The summed E-state index contributed by atoms with van der Waals surface area (Å²) in [5.74, 6) is 0.315. The lowest BCUT2D eigenvalue weighted by Crippen LogP contribution is -2.32. The highest BCUT2D eigenvalue weighted by atomic mass is 16.3. The van der Waals surface area contributed by atoms with Crippen molar-refractivity contribution in [3.63, 3.8) is 0 Å². The first-order chi connectivity index (χ1) is 6.02. The number of rotatable bonds is 1. The van der Waals surface area contributed by atoms with E-state index in [4.69, 9.17) is 0 Å². The predicted molar refractivity (Wildman–Crippen MR) is 56.5 cm³/mol. The van der Waals surface area contributed by atoms with Crippen LogP contribution in [0.4, 0.5) is 0 Å². The fourth-order valence-corrected chi connectivity index (χ4v) is 1.67. The van der Waals surface area contributed by atoms with Crippen molar-refractivity contribution in [2.24, 2.45) is 11.3 Å². The molecule has 0 heterocycles. The van der Waals surface area contributed by atoms with E-state index in [1.165, 1.54) is 0 Å². The van der Waals surface area contributed by atoms with Crippen LogP contribution in [0.1, 0.15) is 33.6 Å². The minimum absolute atomic E-state index is 0.0145. The molecule has 0 aromatic carbocycles. The fraction of sp³-hybridized carbons (Fsp3) is 0.667. The van der Waals surface area contributed by atoms with Crippen LogP contribution < -0.4 is 0 Å². The van der Waals surface area contributed by atoms with Crippen LogP contribution in [0.3, 0.4) is 0 Å². The van der Waals surface area contributed by atoms with Crippen molar-refractivity contribution in [3.8, 4) is 0 Å². The minimum atomic E-state index is -0.233. The van der Waals surface area contributed by atoms with Gasteiger partial charge in [0.05, 0.1) is 6.10 Å². The van der Waals surface area contributed by atoms with E-state index in [2.05, 4.69) is 39.0 Å². The molecule has 13 heavy (non-hydrogen) atoms. The molecule has 2 unspecified atom stereocenters. The summed E-state index contributed by atoms with van der Waals surface area (Å²) in [6, 6.07) is 0. The SMILES string of the molecule is CC(C)(C)C(O)C1C=CC=CCC1. The number of allylic oxidation sites excluding steroid dienone is 3. The standard InChI is InChI=1S/C12H20O/c1-12(2,3)11(13)10-8-6-4-5-7-9-10/h4-6,8,10-11,13H,7,9H2,1-3H3. The third-order valence-electron chi connectivity index (χ3n) is 2.57. The van der Waals surface area contributed by atoms with Crippen LogP contribution in [0.5, 0.6) is 0 Å². The van der Waals surface area contributed by atoms with Gasteiger partial charge in [0.25, 0.3) is 0 Å². The average Bonchev–Trinajstić information content (AvgIpc) is 2.28. The average molecular weight is 180 g/mol. The zero-order valence-electron chi connectivity index (χ0n) is 8.83. The van der Waals surface area contributed by atoms with E-state index in [9.17, 15) is 5.11 Å². The van der Waals surface area contributed by atoms with E-state index in [1.807, 2.05) is 6.08 Å². The van der Waals surface area contributed by atoms with Crippen molar-refractivity contribution in [3.05, 3.63) is 24.3 Å². The third kappa shape index (κ3) is 3.00. The molecule has 0 radical (unpaired) electrons. The first-order valence-corrected chi connectivity index (χ1v) is 5.03. The van der Waals surface area contributed by atoms with Gasteiger partial charge in [-0.25, -0.2) is 0 Å². The van der Waals surface area contributed by atoms with Gasteiger partial charge in [-0.1, -0.05) is 45.1 Å². The van der Waals surface area contributed by atoms with E-state index in [0.717, 1.165) is 12.8 Å². The largest absolute Gasteiger partial charge is 0.392 e. The number of hydrogen-bond donors (Lipinski definition) is 1. The van der Waals surface area contributed by atoms with Crippen molar-refractivity contribution >= 4 is 0 Å². The molecule has 1 nitrogen and oxygen atoms in total. The highest BCUT2D eigenvalue weighted by molar-refractivity contribution is 5.09. The molecule has 1 aliphatic rings. The van der Waals surface area contributed by atoms with Gasteiger partial charge in [-0.15, -0.1) is 0 Å². The molecule has 0 amide bonds. The summed E-state index contributed by atoms with van der Waals surface area (Å²) in [5, 5.41) is 10.1. The highest BCUT2D eigenvalue weighted by Crippen LogP contribution is 2.29. The molecular formula is C12H20O. The van der Waals surface area contributed by atoms with Crippen molar-refractivity contribution in [1.82, 2.24) is 0 Å². The van der Waals surface area contributed by atoms with E-state index in [-0.39, 0.29) is 11.5 Å². The Kier molecular flexibility index (Phi) is 3.32. The maximum atomic E-state index is 10.1. The lowest BCUT2D eigenvalue weighted by molar-refractivity contribution is 0.0258. The zero-order chi connectivity index (χ0) is 9.90. The molecule has 0 aromatic rings. The molecule has 74 valence electrons. The molecule has 0 aliphatic heterocycles. The quantitative estimate of drug-likeness (QED) is 0.658. The molecule has 0 saturated heterocycles. The molecule has 2 atom stereocenters. The number of aliphatic hydroxyl groups excluding tert-OH is 1. The predicted octanol–water partition coefficient (Wildman–Crippen LogP) is 2.92. The van der Waals surface area contributed by atoms with Crippen molar-refractivity contribution in [2.75, 3.05) is 0 Å². The van der Waals surface area contributed by atoms with Crippen LogP contribution in [-0.2, 0) is 0 Å². The fourth-order valence-electron chi connectivity index (χ4n) is 1.67. The lowest BCUT2D eigenvalue weighted by Gasteiger charge is -2.31. The molecule has 0 saturated carbocycles. The lowest BCUT2D eigenvalue weighted by atomic mass is 9.79. The Morgan fingerprint density at radius 2 is 2.00 bits per heavy atom. The monoisotopic (exact) mass is 180 g/mol. The van der Waals surface area contributed by atoms with Crippen molar-refractivity contribution in [1.29, 1.82) is 0 Å². The van der Waals surface area contributed by atoms with Crippen molar-refractivity contribution < 1.29 is 5.11 Å². The Bertz CT molecular complexity index is 208. The zero-order valence-corrected chi connectivity index (χ0v) is 8.83. The normalized spacial score (nSPS) is 25.7. The molecule has 1 aliphatic carbocycles. The van der Waals surface area contributed by atoms with E-state index in [1.54, 1.807) is 0 Å². The molecule has 1 rings (SSSR count). The summed E-state index contributed by atoms with van der Waals surface area (Å²) in [7, 11) is 0. The molecule has 0 bridgehead atoms. The van der Waals surface area contributed by atoms with E-state index in [0.29, 0.717) is 5.92 Å². The van der Waals surface area contributed by atoms with E-state index >= 15 is 0 Å². The third-order valence-corrected chi connectivity index (χ3v) is 2.57. The first-order valence-electron chi connectivity index (χ1n) is 5.03. The summed E-state index contributed by atoms with van der Waals surface area (Å²) in [5.41, 5.74) is -0.0145. The van der Waals surface area contributed by atoms with Crippen LogP contribution in [0, 0.1) is 11.3 Å². The summed E-state index contributed by atoms with van der Waals surface area (Å²) < 4.78 is 0. The maximum absolute atomic E-state index is 10.1. The van der Waals surface area contributed by atoms with Gasteiger partial charge in [0, 0.05) is 5.92 Å². The summed E-state index contributed by atoms with van der Waals surface area (Å²) in [6.07, 6.45) is 10.3. The van der Waals surface area contributed by atoms with Gasteiger partial charge in [0.15, 0.2) is 0 Å². The van der Waals surface area contributed by atoms with Crippen LogP contribution in [-0.4, -0.2) is 11.2 Å². The second kappa shape index (κ2) is 4.10. The van der Waals surface area contributed by atoms with Gasteiger partial charge < -0.3 is 5.11 Å². The molecule has 1 heteroatoms. The van der Waals surface area contributed by atoms with Crippen LogP contribution >= 0.6 is 0 Å². The minimum Gasteiger partial charge on any atom is -0.392 e. The molecule has 1 N–H and O–H groups in total. The Morgan fingerprint density at radius 1 is 1.31 bits per heavy atom. The van der Waals surface area contributed by atoms with Crippen LogP contribution in [0.25, 0.3) is 0 Å². The van der Waals surface area contributed by atoms with Crippen molar-refractivity contribution in [2.45, 2.75) is 39.7 Å². The second-order valence-corrected chi connectivity index (χ2v) is 4.87. The smallest absolute Gasteiger partial charge is 0.0651 e. The topological polar surface area (TPSA) is 20.2 Å². The summed E-state index contributed by atoms with van der Waals surface area (Å²) in [6.45, 7) is 6.26. The van der Waals surface area contributed by atoms with Gasteiger partial charge in [0.2, 0.25) is 0 Å². The summed E-state index contributed by atoms with van der Waals surface area (Å²) >= 11 is 0. The Labute approximate surface area is 81.2 Å². The Balaban J connectivity index is 2.62. The summed E-state index contributed by atoms with van der Waals surface area (Å²) in [4.78, 5) is 0. The van der Waals surface area contributed by atoms with Gasteiger partial charge >= 0.3 is 0 Å². The van der Waals surface area contributed by atoms with Crippen LogP contribution in [0.2, 0.25) is 0 Å². The van der Waals surface area contributed by atoms with Gasteiger partial charge in [0.1, 0.15) is 0 Å². The highest BCUT2D eigenvalue weighted by Gasteiger charge is 2.28. The van der Waals surface area contributed by atoms with Gasteiger partial charge in [-0.2, -0.15) is 0 Å². The number of hydrogen-bond acceptors (Lipinski definition) is 1.